The van der Waals surface area contributed by atoms with E-state index in [2.05, 4.69) is 27.4 Å². The van der Waals surface area contributed by atoms with Crippen LogP contribution in [0, 0.1) is 5.82 Å². The van der Waals surface area contributed by atoms with Gasteiger partial charge in [-0.25, -0.2) is 4.39 Å². The summed E-state index contributed by atoms with van der Waals surface area (Å²) in [5.74, 6) is -0.381. The molecule has 0 aromatic carbocycles. The Bertz CT molecular complexity index is 501. The number of aliphatic hydroxyl groups is 1. The molecule has 2 aromatic rings. The third kappa shape index (κ3) is 4.67. The van der Waals surface area contributed by atoms with E-state index in [1.54, 1.807) is 11.3 Å². The molecule has 0 aliphatic heterocycles. The first-order valence-electron chi connectivity index (χ1n) is 6.65. The molecular formula is C15H19FN2OS. The van der Waals surface area contributed by atoms with Crippen LogP contribution in [0.2, 0.25) is 0 Å². The Morgan fingerprint density at radius 1 is 1.35 bits per heavy atom. The van der Waals surface area contributed by atoms with E-state index in [0.717, 1.165) is 25.7 Å². The van der Waals surface area contributed by atoms with Crippen LogP contribution in [-0.2, 0) is 6.42 Å². The molecule has 2 rings (SSSR count). The van der Waals surface area contributed by atoms with Gasteiger partial charge in [0.1, 0.15) is 5.82 Å². The summed E-state index contributed by atoms with van der Waals surface area (Å²) >= 11 is 1.77. The van der Waals surface area contributed by atoms with Crippen molar-refractivity contribution >= 4 is 11.3 Å². The van der Waals surface area contributed by atoms with Gasteiger partial charge in [-0.1, -0.05) is 6.07 Å². The molecule has 1 atom stereocenters. The Morgan fingerprint density at radius 2 is 2.20 bits per heavy atom. The van der Waals surface area contributed by atoms with Gasteiger partial charge in [-0.15, -0.1) is 11.3 Å². The molecule has 1 unspecified atom stereocenters. The monoisotopic (exact) mass is 294 g/mol. The van der Waals surface area contributed by atoms with Crippen molar-refractivity contribution in [3.8, 4) is 0 Å². The highest BCUT2D eigenvalue weighted by Crippen LogP contribution is 2.15. The van der Waals surface area contributed by atoms with E-state index in [1.807, 2.05) is 7.05 Å². The van der Waals surface area contributed by atoms with Crippen molar-refractivity contribution in [3.63, 3.8) is 0 Å². The molecule has 5 heteroatoms. The van der Waals surface area contributed by atoms with Gasteiger partial charge in [0.15, 0.2) is 0 Å². The van der Waals surface area contributed by atoms with Crippen LogP contribution >= 0.6 is 11.3 Å². The van der Waals surface area contributed by atoms with Crippen molar-refractivity contribution in [2.75, 3.05) is 20.1 Å². The zero-order chi connectivity index (χ0) is 14.4. The van der Waals surface area contributed by atoms with Crippen LogP contribution in [0.5, 0.6) is 0 Å². The fourth-order valence-electron chi connectivity index (χ4n) is 1.94. The molecule has 0 saturated carbocycles. The number of nitrogens with zero attached hydrogens (tertiary/aromatic N) is 2. The second kappa shape index (κ2) is 7.47. The zero-order valence-corrected chi connectivity index (χ0v) is 12.3. The lowest BCUT2D eigenvalue weighted by Gasteiger charge is -2.18. The highest BCUT2D eigenvalue weighted by atomic mass is 32.1. The van der Waals surface area contributed by atoms with Crippen LogP contribution in [0.3, 0.4) is 0 Å². The van der Waals surface area contributed by atoms with Crippen LogP contribution < -0.4 is 0 Å². The molecule has 0 spiro atoms. The average Bonchev–Trinajstić information content (AvgIpc) is 2.96. The van der Waals surface area contributed by atoms with E-state index in [9.17, 15) is 9.50 Å². The Balaban J connectivity index is 1.72. The van der Waals surface area contributed by atoms with E-state index >= 15 is 0 Å². The van der Waals surface area contributed by atoms with Crippen molar-refractivity contribution in [1.29, 1.82) is 0 Å². The fourth-order valence-corrected chi connectivity index (χ4v) is 2.64. The van der Waals surface area contributed by atoms with E-state index in [4.69, 9.17) is 0 Å². The number of aliphatic hydroxyl groups excluding tert-OH is 1. The maximum absolute atomic E-state index is 12.7. The lowest BCUT2D eigenvalue weighted by atomic mass is 10.1. The second-order valence-electron chi connectivity index (χ2n) is 4.84. The van der Waals surface area contributed by atoms with Crippen LogP contribution in [-0.4, -0.2) is 35.1 Å². The van der Waals surface area contributed by atoms with Crippen LogP contribution in [0.1, 0.15) is 23.1 Å². The molecule has 0 fully saturated rings. The zero-order valence-electron chi connectivity index (χ0n) is 11.5. The lowest BCUT2D eigenvalue weighted by molar-refractivity contribution is 0.145. The van der Waals surface area contributed by atoms with Crippen molar-refractivity contribution in [2.45, 2.75) is 18.9 Å². The SMILES string of the molecule is CN(CCc1cccs1)CCC(O)c1ccc(F)cn1. The Morgan fingerprint density at radius 3 is 2.85 bits per heavy atom. The first-order chi connectivity index (χ1) is 9.65. The van der Waals surface area contributed by atoms with Gasteiger partial charge >= 0.3 is 0 Å². The first kappa shape index (κ1) is 15.1. The number of likely N-dealkylation sites (N-methyl/N-ethyl adjacent to an activating group) is 1. The summed E-state index contributed by atoms with van der Waals surface area (Å²) in [6.45, 7) is 1.75. The van der Waals surface area contributed by atoms with Gasteiger partial charge in [0.25, 0.3) is 0 Å². The summed E-state index contributed by atoms with van der Waals surface area (Å²) in [5, 5.41) is 12.1. The Hall–Kier alpha value is -1.30. The quantitative estimate of drug-likeness (QED) is 0.853. The summed E-state index contributed by atoms with van der Waals surface area (Å²) in [7, 11) is 2.04. The number of halogens is 1. The van der Waals surface area contributed by atoms with Gasteiger partial charge in [0, 0.05) is 18.0 Å². The van der Waals surface area contributed by atoms with Crippen LogP contribution in [0.25, 0.3) is 0 Å². The fraction of sp³-hybridized carbons (Fsp3) is 0.400. The predicted octanol–water partition coefficient (Wildman–Crippen LogP) is 2.88. The Kier molecular flexibility index (Phi) is 5.64. The summed E-state index contributed by atoms with van der Waals surface area (Å²) in [4.78, 5) is 7.46. The molecule has 2 aromatic heterocycles. The minimum Gasteiger partial charge on any atom is -0.387 e. The van der Waals surface area contributed by atoms with E-state index < -0.39 is 6.10 Å². The molecule has 0 radical (unpaired) electrons. The number of thiophene rings is 1. The third-order valence-corrected chi connectivity index (χ3v) is 4.13. The van der Waals surface area contributed by atoms with Gasteiger partial charge in [-0.3, -0.25) is 4.98 Å². The molecule has 0 saturated heterocycles. The molecule has 3 nitrogen and oxygen atoms in total. The molecule has 1 N–H and O–H groups in total. The number of rotatable bonds is 7. The molecule has 2 heterocycles. The number of hydrogen-bond donors (Lipinski definition) is 1. The standard InChI is InChI=1S/C15H19FN2OS/c1-18(8-6-13-3-2-10-20-13)9-7-15(19)14-5-4-12(16)11-17-14/h2-5,10-11,15,19H,6-9H2,1H3. The lowest BCUT2D eigenvalue weighted by Crippen LogP contribution is -2.23. The summed E-state index contributed by atoms with van der Waals surface area (Å²) in [6.07, 6.45) is 2.12. The smallest absolute Gasteiger partial charge is 0.141 e. The average molecular weight is 294 g/mol. The first-order valence-corrected chi connectivity index (χ1v) is 7.53. The topological polar surface area (TPSA) is 36.4 Å². The van der Waals surface area contributed by atoms with Crippen molar-refractivity contribution in [1.82, 2.24) is 9.88 Å². The number of hydrogen-bond acceptors (Lipinski definition) is 4. The van der Waals surface area contributed by atoms with Gasteiger partial charge in [0.05, 0.1) is 18.0 Å². The van der Waals surface area contributed by atoms with E-state index in [-0.39, 0.29) is 5.82 Å². The van der Waals surface area contributed by atoms with E-state index in [0.29, 0.717) is 12.1 Å². The molecular weight excluding hydrogens is 275 g/mol. The maximum atomic E-state index is 12.7. The van der Waals surface area contributed by atoms with Crippen molar-refractivity contribution in [3.05, 3.63) is 52.2 Å². The van der Waals surface area contributed by atoms with Crippen molar-refractivity contribution < 1.29 is 9.50 Å². The summed E-state index contributed by atoms with van der Waals surface area (Å²) < 4.78 is 12.7. The third-order valence-electron chi connectivity index (χ3n) is 3.20. The molecule has 0 amide bonds. The highest BCUT2D eigenvalue weighted by molar-refractivity contribution is 7.09. The number of pyridine rings is 1. The van der Waals surface area contributed by atoms with Crippen LogP contribution in [0.15, 0.2) is 35.8 Å². The minimum absolute atomic E-state index is 0.381. The number of aromatic nitrogens is 1. The maximum Gasteiger partial charge on any atom is 0.141 e. The van der Waals surface area contributed by atoms with Crippen molar-refractivity contribution in [2.24, 2.45) is 0 Å². The van der Waals surface area contributed by atoms with Gasteiger partial charge in [-0.2, -0.15) is 0 Å². The summed E-state index contributed by atoms with van der Waals surface area (Å²) in [5.41, 5.74) is 0.526. The van der Waals surface area contributed by atoms with Crippen LogP contribution in [0.4, 0.5) is 4.39 Å². The highest BCUT2D eigenvalue weighted by Gasteiger charge is 2.10. The van der Waals surface area contributed by atoms with Gasteiger partial charge < -0.3 is 10.0 Å². The van der Waals surface area contributed by atoms with Gasteiger partial charge in [0.2, 0.25) is 0 Å². The molecule has 0 bridgehead atoms. The predicted molar refractivity (Wildman–Crippen MR) is 79.3 cm³/mol. The molecule has 0 aliphatic carbocycles. The molecule has 108 valence electrons. The minimum atomic E-state index is -0.639. The Labute approximate surface area is 122 Å². The summed E-state index contributed by atoms with van der Waals surface area (Å²) in [6, 6.07) is 7.05. The largest absolute Gasteiger partial charge is 0.387 e. The van der Waals surface area contributed by atoms with Gasteiger partial charge in [-0.05, 0) is 43.5 Å². The normalized spacial score (nSPS) is 12.8. The second-order valence-corrected chi connectivity index (χ2v) is 5.87. The van der Waals surface area contributed by atoms with E-state index in [1.165, 1.54) is 17.0 Å². The molecule has 0 aliphatic rings. The molecule has 20 heavy (non-hydrogen) atoms.